The molecule has 102 valence electrons. The average Bonchev–Trinajstić information content (AvgIpc) is 3.09. The summed E-state index contributed by atoms with van der Waals surface area (Å²) in [5, 5.41) is 10.3. The molecule has 2 heterocycles. The summed E-state index contributed by atoms with van der Waals surface area (Å²) in [6.07, 6.45) is 1.78. The maximum Gasteiger partial charge on any atom is 0.242 e. The predicted octanol–water partition coefficient (Wildman–Crippen LogP) is 2.98. The number of amides is 1. The second kappa shape index (κ2) is 5.46. The zero-order chi connectivity index (χ0) is 13.9. The molecule has 0 aliphatic rings. The largest absolute Gasteiger partial charge is 0.347 e. The smallest absolute Gasteiger partial charge is 0.242 e. The Morgan fingerprint density at radius 2 is 2.20 bits per heavy atom. The number of hydrogen-bond donors (Lipinski definition) is 1. The van der Waals surface area contributed by atoms with Crippen molar-refractivity contribution in [3.63, 3.8) is 0 Å². The van der Waals surface area contributed by atoms with E-state index in [2.05, 4.69) is 10.4 Å². The molecule has 0 unspecified atom stereocenters. The van der Waals surface area contributed by atoms with Crippen molar-refractivity contribution >= 4 is 28.1 Å². The summed E-state index contributed by atoms with van der Waals surface area (Å²) >= 11 is 1.65. The molecule has 1 aromatic carbocycles. The minimum Gasteiger partial charge on any atom is -0.347 e. The van der Waals surface area contributed by atoms with Crippen molar-refractivity contribution in [2.45, 2.75) is 19.5 Å². The van der Waals surface area contributed by atoms with Crippen LogP contribution in [0.2, 0.25) is 0 Å². The lowest BCUT2D eigenvalue weighted by Crippen LogP contribution is -2.30. The number of fused-ring (bicyclic) bond motifs is 1. The van der Waals surface area contributed by atoms with Crippen molar-refractivity contribution in [3.8, 4) is 0 Å². The van der Waals surface area contributed by atoms with Crippen LogP contribution in [0.1, 0.15) is 17.8 Å². The van der Waals surface area contributed by atoms with E-state index < -0.39 is 0 Å². The first-order valence-electron chi connectivity index (χ1n) is 6.47. The summed E-state index contributed by atoms with van der Waals surface area (Å²) < 4.78 is 1.73. The maximum absolute atomic E-state index is 12.1. The number of hydrogen-bond acceptors (Lipinski definition) is 3. The van der Waals surface area contributed by atoms with Crippen molar-refractivity contribution in [2.24, 2.45) is 0 Å². The lowest BCUT2D eigenvalue weighted by molar-refractivity contribution is -0.122. The highest BCUT2D eigenvalue weighted by molar-refractivity contribution is 7.10. The fourth-order valence-electron chi connectivity index (χ4n) is 2.18. The number of para-hydroxylation sites is 1. The molecule has 1 N–H and O–H groups in total. The molecule has 0 saturated carbocycles. The van der Waals surface area contributed by atoms with E-state index >= 15 is 0 Å². The first kappa shape index (κ1) is 12.9. The highest BCUT2D eigenvalue weighted by atomic mass is 32.1. The molecule has 0 radical (unpaired) electrons. The van der Waals surface area contributed by atoms with Gasteiger partial charge in [0.05, 0.1) is 17.8 Å². The first-order chi connectivity index (χ1) is 9.74. The number of nitrogens with zero attached hydrogens (tertiary/aromatic N) is 2. The Labute approximate surface area is 121 Å². The van der Waals surface area contributed by atoms with Crippen LogP contribution in [0.15, 0.2) is 48.0 Å². The Balaban J connectivity index is 1.70. The lowest BCUT2D eigenvalue weighted by atomic mass is 10.2. The van der Waals surface area contributed by atoms with E-state index in [1.165, 1.54) is 0 Å². The Kier molecular flexibility index (Phi) is 3.52. The van der Waals surface area contributed by atoms with Crippen molar-refractivity contribution in [3.05, 3.63) is 52.9 Å². The molecule has 0 spiro atoms. The van der Waals surface area contributed by atoms with Crippen LogP contribution in [-0.2, 0) is 11.3 Å². The second-order valence-corrected chi connectivity index (χ2v) is 5.64. The summed E-state index contributed by atoms with van der Waals surface area (Å²) in [7, 11) is 0. The van der Waals surface area contributed by atoms with Gasteiger partial charge in [-0.15, -0.1) is 11.3 Å². The molecular formula is C15H15N3OS. The molecule has 0 aliphatic carbocycles. The first-order valence-corrected chi connectivity index (χ1v) is 7.35. The minimum atomic E-state index is -0.0280. The van der Waals surface area contributed by atoms with Crippen molar-refractivity contribution in [2.75, 3.05) is 0 Å². The molecule has 4 nitrogen and oxygen atoms in total. The van der Waals surface area contributed by atoms with E-state index in [9.17, 15) is 4.79 Å². The quantitative estimate of drug-likeness (QED) is 0.801. The third-order valence-electron chi connectivity index (χ3n) is 3.19. The average molecular weight is 285 g/mol. The molecule has 0 aliphatic heterocycles. The fraction of sp³-hybridized carbons (Fsp3) is 0.200. The molecule has 0 saturated heterocycles. The monoisotopic (exact) mass is 285 g/mol. The van der Waals surface area contributed by atoms with E-state index in [1.807, 2.05) is 48.7 Å². The molecule has 20 heavy (non-hydrogen) atoms. The third-order valence-corrected chi connectivity index (χ3v) is 4.25. The molecule has 1 amide bonds. The van der Waals surface area contributed by atoms with Crippen LogP contribution < -0.4 is 5.32 Å². The lowest BCUT2D eigenvalue weighted by Gasteiger charge is -2.12. The van der Waals surface area contributed by atoms with E-state index in [0.717, 1.165) is 15.8 Å². The molecule has 2 aromatic heterocycles. The van der Waals surface area contributed by atoms with Crippen molar-refractivity contribution < 1.29 is 4.79 Å². The van der Waals surface area contributed by atoms with Gasteiger partial charge >= 0.3 is 0 Å². The maximum atomic E-state index is 12.1. The van der Waals surface area contributed by atoms with Crippen LogP contribution in [0, 0.1) is 0 Å². The number of benzene rings is 1. The minimum absolute atomic E-state index is 0.0280. The Bertz CT molecular complexity index is 718. The summed E-state index contributed by atoms with van der Waals surface area (Å²) in [6, 6.07) is 11.9. The number of nitrogens with one attached hydrogen (secondary N) is 1. The zero-order valence-corrected chi connectivity index (χ0v) is 11.9. The Hall–Kier alpha value is -2.14. The number of thiophene rings is 1. The van der Waals surface area contributed by atoms with E-state index in [-0.39, 0.29) is 18.5 Å². The van der Waals surface area contributed by atoms with Gasteiger partial charge in [-0.3, -0.25) is 9.48 Å². The third kappa shape index (κ3) is 2.58. The van der Waals surface area contributed by atoms with Gasteiger partial charge in [-0.1, -0.05) is 24.3 Å². The summed E-state index contributed by atoms with van der Waals surface area (Å²) in [5.74, 6) is -0.0280. The van der Waals surface area contributed by atoms with Gasteiger partial charge in [-0.05, 0) is 24.4 Å². The van der Waals surface area contributed by atoms with Gasteiger partial charge in [0.15, 0.2) is 0 Å². The van der Waals surface area contributed by atoms with Gasteiger partial charge in [0.25, 0.3) is 0 Å². The van der Waals surface area contributed by atoms with Crippen LogP contribution in [0.3, 0.4) is 0 Å². The van der Waals surface area contributed by atoms with E-state index in [1.54, 1.807) is 22.2 Å². The predicted molar refractivity (Wildman–Crippen MR) is 80.6 cm³/mol. The number of carbonyl (C=O) groups excluding carboxylic acids is 1. The van der Waals surface area contributed by atoms with E-state index in [0.29, 0.717) is 0 Å². The SMILES string of the molecule is C[C@@H](NC(=O)Cn1ncc2ccccc21)c1cccs1. The van der Waals surface area contributed by atoms with Gasteiger partial charge in [-0.25, -0.2) is 0 Å². The van der Waals surface area contributed by atoms with Gasteiger partial charge in [0, 0.05) is 10.3 Å². The van der Waals surface area contributed by atoms with Crippen LogP contribution in [0.25, 0.3) is 10.9 Å². The summed E-state index contributed by atoms with van der Waals surface area (Å²) in [6.45, 7) is 2.23. The summed E-state index contributed by atoms with van der Waals surface area (Å²) in [5.41, 5.74) is 0.978. The van der Waals surface area contributed by atoms with Crippen molar-refractivity contribution in [1.82, 2.24) is 15.1 Å². The number of rotatable bonds is 4. The Morgan fingerprint density at radius 1 is 1.35 bits per heavy atom. The van der Waals surface area contributed by atoms with Crippen LogP contribution >= 0.6 is 11.3 Å². The highest BCUT2D eigenvalue weighted by Gasteiger charge is 2.12. The van der Waals surface area contributed by atoms with Gasteiger partial charge < -0.3 is 5.32 Å². The molecule has 0 fully saturated rings. The van der Waals surface area contributed by atoms with Crippen LogP contribution in [-0.4, -0.2) is 15.7 Å². The molecule has 5 heteroatoms. The van der Waals surface area contributed by atoms with Crippen LogP contribution in [0.5, 0.6) is 0 Å². The molecule has 1 atom stereocenters. The molecule has 3 aromatic rings. The molecule has 3 rings (SSSR count). The fourth-order valence-corrected chi connectivity index (χ4v) is 2.92. The van der Waals surface area contributed by atoms with Crippen molar-refractivity contribution in [1.29, 1.82) is 0 Å². The summed E-state index contributed by atoms with van der Waals surface area (Å²) in [4.78, 5) is 13.2. The topological polar surface area (TPSA) is 46.9 Å². The van der Waals surface area contributed by atoms with Crippen LogP contribution in [0.4, 0.5) is 0 Å². The molecular weight excluding hydrogens is 270 g/mol. The second-order valence-electron chi connectivity index (χ2n) is 4.67. The zero-order valence-electron chi connectivity index (χ0n) is 11.1. The van der Waals surface area contributed by atoms with Gasteiger partial charge in [0.2, 0.25) is 5.91 Å². The molecule has 0 bridgehead atoms. The Morgan fingerprint density at radius 3 is 3.00 bits per heavy atom. The number of carbonyl (C=O) groups is 1. The number of aromatic nitrogens is 2. The standard InChI is InChI=1S/C15H15N3OS/c1-11(14-7-4-8-20-14)17-15(19)10-18-13-6-3-2-5-12(13)9-16-18/h2-9,11H,10H2,1H3,(H,17,19)/t11-/m1/s1. The van der Waals surface area contributed by atoms with E-state index in [4.69, 9.17) is 0 Å². The highest BCUT2D eigenvalue weighted by Crippen LogP contribution is 2.18. The normalized spacial score (nSPS) is 12.4. The van der Waals surface area contributed by atoms with Gasteiger partial charge in [0.1, 0.15) is 6.54 Å². The van der Waals surface area contributed by atoms with Gasteiger partial charge in [-0.2, -0.15) is 5.10 Å².